The van der Waals surface area contributed by atoms with Crippen molar-refractivity contribution in [2.45, 2.75) is 0 Å². The number of para-hydroxylation sites is 2. The van der Waals surface area contributed by atoms with Crippen LogP contribution >= 0.6 is 0 Å². The van der Waals surface area contributed by atoms with Gasteiger partial charge >= 0.3 is 0 Å². The smallest absolute Gasteiger partial charge is 0.178 e. The Morgan fingerprint density at radius 3 is 1.18 bits per heavy atom. The van der Waals surface area contributed by atoms with Crippen molar-refractivity contribution < 1.29 is 0 Å². The first kappa shape index (κ1) is 59.7. The summed E-state index contributed by atoms with van der Waals surface area (Å²) in [6, 6.07) is 103. The fourth-order valence-electron chi connectivity index (χ4n) is 14.4. The molecule has 10 aromatic heterocycles. The molecule has 0 N–H and O–H groups in total. The second-order valence-corrected chi connectivity index (χ2v) is 26.0. The minimum absolute atomic E-state index is 0.618. The maximum absolute atomic E-state index is 5.17. The molecule has 0 bridgehead atoms. The van der Waals surface area contributed by atoms with Crippen molar-refractivity contribution in [1.82, 2.24) is 59.8 Å². The van der Waals surface area contributed by atoms with E-state index in [2.05, 4.69) is 249 Å². The van der Waals surface area contributed by atoms with Gasteiger partial charge in [-0.05, 0) is 141 Å². The van der Waals surface area contributed by atoms with Crippen LogP contribution in [0.3, 0.4) is 0 Å². The summed E-state index contributed by atoms with van der Waals surface area (Å²) in [5.74, 6) is 1.24. The number of hydrogen-bond donors (Lipinski definition) is 0. The average Bonchev–Trinajstić information content (AvgIpc) is 0.767. The molecule has 482 valence electrons. The summed E-state index contributed by atoms with van der Waals surface area (Å²) in [7, 11) is 0. The molecule has 0 aliphatic heterocycles. The van der Waals surface area contributed by atoms with Gasteiger partial charge < -0.3 is 0 Å². The molecule has 0 aliphatic carbocycles. The van der Waals surface area contributed by atoms with E-state index in [9.17, 15) is 0 Å². The largest absolute Gasteiger partial charge is 0.254 e. The number of rotatable bonds is 8. The molecule has 0 amide bonds. The molecule has 104 heavy (non-hydrogen) atoms. The summed E-state index contributed by atoms with van der Waals surface area (Å²) in [5, 5.41) is 12.9. The highest BCUT2D eigenvalue weighted by atomic mass is 14.9. The molecule has 11 aromatic carbocycles. The van der Waals surface area contributed by atoms with E-state index < -0.39 is 0 Å². The van der Waals surface area contributed by atoms with E-state index in [-0.39, 0.29) is 0 Å². The third kappa shape index (κ3) is 10.8. The molecule has 10 heterocycles. The van der Waals surface area contributed by atoms with Gasteiger partial charge in [0.2, 0.25) is 0 Å². The van der Waals surface area contributed by atoms with Crippen molar-refractivity contribution in [3.05, 3.63) is 328 Å². The highest BCUT2D eigenvalue weighted by Crippen LogP contribution is 2.39. The van der Waals surface area contributed by atoms with Gasteiger partial charge in [-0.15, -0.1) is 0 Å². The first-order valence-electron chi connectivity index (χ1n) is 34.4. The molecule has 21 rings (SSSR count). The Balaban J connectivity index is 0.000000139. The van der Waals surface area contributed by atoms with Gasteiger partial charge in [-0.3, -0.25) is 15.0 Å². The van der Waals surface area contributed by atoms with Gasteiger partial charge in [-0.1, -0.05) is 200 Å². The SMILES string of the molecule is c1ccc2nc(-c3ccc4ccc(-c5ccc6nc(-c7ccc(-c8ccc9ccc%10cccnc%10c9n8)c8ccccc78)ccc6c5)cc4n3)ncc2c1.c1ccc2nc(-c3ccc4ccc(-c5ccc6nc(-c7ccc(-c8ccnc9c8ccc8cccnc89)cc7)ccc6c5)cc4n3)ncc2c1. The van der Waals surface area contributed by atoms with E-state index in [0.717, 1.165) is 198 Å². The first-order chi connectivity index (χ1) is 51.4. The monoisotopic (exact) mass is 1330 g/mol. The maximum Gasteiger partial charge on any atom is 0.178 e. The fraction of sp³-hybridized carbons (Fsp3) is 0. The van der Waals surface area contributed by atoms with Crippen molar-refractivity contribution in [3.8, 4) is 90.2 Å². The van der Waals surface area contributed by atoms with Crippen LogP contribution in [0.1, 0.15) is 0 Å². The summed E-state index contributed by atoms with van der Waals surface area (Å²) in [6.45, 7) is 0. The van der Waals surface area contributed by atoms with Crippen LogP contribution in [-0.4, -0.2) is 59.8 Å². The summed E-state index contributed by atoms with van der Waals surface area (Å²) in [5.41, 5.74) is 23.3. The summed E-state index contributed by atoms with van der Waals surface area (Å²) in [4.78, 5) is 57.9. The van der Waals surface area contributed by atoms with E-state index in [1.165, 1.54) is 0 Å². The second-order valence-electron chi connectivity index (χ2n) is 26.0. The molecule has 0 saturated carbocycles. The lowest BCUT2D eigenvalue weighted by molar-refractivity contribution is 1.19. The van der Waals surface area contributed by atoms with Gasteiger partial charge in [0, 0.05) is 102 Å². The number of benzene rings is 11. The highest BCUT2D eigenvalue weighted by molar-refractivity contribution is 6.10. The minimum Gasteiger partial charge on any atom is -0.254 e. The molecule has 0 spiro atoms. The van der Waals surface area contributed by atoms with Gasteiger partial charge in [0.15, 0.2) is 11.6 Å². The Morgan fingerprint density at radius 2 is 0.577 bits per heavy atom. The van der Waals surface area contributed by atoms with Crippen LogP contribution in [0.25, 0.3) is 210 Å². The van der Waals surface area contributed by atoms with Crippen LogP contribution < -0.4 is 0 Å². The third-order valence-corrected chi connectivity index (χ3v) is 19.7. The van der Waals surface area contributed by atoms with Crippen molar-refractivity contribution in [2.24, 2.45) is 0 Å². The Hall–Kier alpha value is -14.4. The number of hydrogen-bond acceptors (Lipinski definition) is 12. The molecule has 0 fully saturated rings. The lowest BCUT2D eigenvalue weighted by Gasteiger charge is -2.13. The van der Waals surface area contributed by atoms with E-state index in [1.807, 2.05) is 104 Å². The third-order valence-electron chi connectivity index (χ3n) is 19.7. The van der Waals surface area contributed by atoms with E-state index in [4.69, 9.17) is 34.9 Å². The van der Waals surface area contributed by atoms with Crippen LogP contribution in [0.2, 0.25) is 0 Å². The second kappa shape index (κ2) is 24.8. The summed E-state index contributed by atoms with van der Waals surface area (Å²) < 4.78 is 0. The Kier molecular flexibility index (Phi) is 14.2. The zero-order chi connectivity index (χ0) is 68.6. The lowest BCUT2D eigenvalue weighted by atomic mass is 9.95. The Bertz CT molecular complexity index is 7080. The molecular formula is C92H54N12. The predicted octanol–water partition coefficient (Wildman–Crippen LogP) is 22.1. The maximum atomic E-state index is 5.17. The zero-order valence-electron chi connectivity index (χ0n) is 55.5. The van der Waals surface area contributed by atoms with E-state index >= 15 is 0 Å². The molecule has 0 radical (unpaired) electrons. The predicted molar refractivity (Wildman–Crippen MR) is 422 cm³/mol. The van der Waals surface area contributed by atoms with Crippen molar-refractivity contribution in [1.29, 1.82) is 0 Å². The number of aromatic nitrogens is 12. The van der Waals surface area contributed by atoms with Gasteiger partial charge in [-0.2, -0.15) is 0 Å². The lowest BCUT2D eigenvalue weighted by Crippen LogP contribution is -1.93. The van der Waals surface area contributed by atoms with Crippen molar-refractivity contribution in [3.63, 3.8) is 0 Å². The van der Waals surface area contributed by atoms with Crippen molar-refractivity contribution in [2.75, 3.05) is 0 Å². The zero-order valence-corrected chi connectivity index (χ0v) is 55.5. The molecule has 21 aromatic rings. The minimum atomic E-state index is 0.618. The Labute approximate surface area is 594 Å². The number of pyridine rings is 8. The molecule has 12 nitrogen and oxygen atoms in total. The van der Waals surface area contributed by atoms with Gasteiger partial charge in [0.1, 0.15) is 11.4 Å². The normalized spacial score (nSPS) is 11.7. The number of nitrogens with zero attached hydrogens (tertiary/aromatic N) is 12. The standard InChI is InChI=1S/C48H28N6.C44H26N6/c1-4-10-40-35(6-1)28-50-48(54-40)44-24-15-29-11-14-33(27-45(29)52-44)32-17-21-41-34(26-32)18-23-42(51-41)38-19-20-39(37-9-3-2-8-36(37)38)43-22-16-31-13-12-30-7-5-25-49-46(30)47(31)53-43;1-2-6-37-34(4-1)26-47-44(50-37)40-20-14-29-11-12-32(25-41(29)49-40)31-15-18-39-33(24-31)16-19-38(48-39)28-9-7-27(8-10-28)35-21-23-46-43-36(35)17-13-30-5-3-22-45-42(30)43/h1-28H;1-26H. The molecule has 0 aliphatic rings. The highest BCUT2D eigenvalue weighted by Gasteiger charge is 2.17. The van der Waals surface area contributed by atoms with Crippen LogP contribution in [0.4, 0.5) is 0 Å². The topological polar surface area (TPSA) is 155 Å². The molecule has 12 heteroatoms. The average molecular weight is 1330 g/mol. The quantitative estimate of drug-likeness (QED) is 0.133. The first-order valence-corrected chi connectivity index (χ1v) is 34.4. The molecule has 0 saturated heterocycles. The molecule has 0 unspecified atom stereocenters. The molecule has 0 atom stereocenters. The van der Waals surface area contributed by atoms with Gasteiger partial charge in [-0.25, -0.2) is 44.9 Å². The molecular weight excluding hydrogens is 1270 g/mol. The number of fused-ring (bicyclic) bond motifs is 13. The van der Waals surface area contributed by atoms with Crippen LogP contribution in [0.15, 0.2) is 328 Å². The fourth-order valence-corrected chi connectivity index (χ4v) is 14.4. The van der Waals surface area contributed by atoms with Crippen LogP contribution in [0, 0.1) is 0 Å². The Morgan fingerprint density at radius 1 is 0.173 bits per heavy atom. The van der Waals surface area contributed by atoms with Crippen LogP contribution in [0.5, 0.6) is 0 Å². The summed E-state index contributed by atoms with van der Waals surface area (Å²) in [6.07, 6.45) is 9.23. The van der Waals surface area contributed by atoms with E-state index in [0.29, 0.717) is 11.6 Å². The summed E-state index contributed by atoms with van der Waals surface area (Å²) >= 11 is 0. The van der Waals surface area contributed by atoms with Crippen LogP contribution in [-0.2, 0) is 0 Å². The van der Waals surface area contributed by atoms with Crippen molar-refractivity contribution >= 4 is 120 Å². The van der Waals surface area contributed by atoms with E-state index in [1.54, 1.807) is 0 Å². The van der Waals surface area contributed by atoms with Gasteiger partial charge in [0.25, 0.3) is 0 Å². The van der Waals surface area contributed by atoms with Gasteiger partial charge in [0.05, 0.1) is 72.2 Å².